The number of hydrogen-bond acceptors (Lipinski definition) is 4. The normalized spacial score (nSPS) is 13.8. The molecular formula is C18H30N2O3. The third kappa shape index (κ3) is 7.48. The number of carbonyl (C=O) groups excluding carboxylic acids is 1. The molecule has 5 heteroatoms. The fraction of sp³-hybridized carbons (Fsp3) is 0.611. The first kappa shape index (κ1) is 19.5. The van der Waals surface area contributed by atoms with Gasteiger partial charge in [0.2, 0.25) is 5.91 Å². The Kier molecular flexibility index (Phi) is 8.06. The van der Waals surface area contributed by atoms with E-state index >= 15 is 0 Å². The van der Waals surface area contributed by atoms with Crippen LogP contribution in [0.1, 0.15) is 58.6 Å². The molecule has 4 N–H and O–H groups in total. The zero-order chi connectivity index (χ0) is 17.4. The van der Waals surface area contributed by atoms with Crippen LogP contribution in [0.2, 0.25) is 0 Å². The summed E-state index contributed by atoms with van der Waals surface area (Å²) in [6.45, 7) is 8.38. The maximum atomic E-state index is 11.1. The van der Waals surface area contributed by atoms with Gasteiger partial charge in [0.25, 0.3) is 0 Å². The second-order valence-corrected chi connectivity index (χ2v) is 6.61. The zero-order valence-electron chi connectivity index (χ0n) is 14.6. The summed E-state index contributed by atoms with van der Waals surface area (Å²) in [6, 6.07) is 5.09. The van der Waals surface area contributed by atoms with Crippen molar-refractivity contribution < 1.29 is 15.0 Å². The van der Waals surface area contributed by atoms with Crippen LogP contribution in [0.4, 0.5) is 5.69 Å². The van der Waals surface area contributed by atoms with Crippen LogP contribution < -0.4 is 10.6 Å². The molecule has 0 aliphatic heterocycles. The standard InChI is InChI=1S/C18H30N2O3/c1-12(2)6-5-7-13(3)19-11-18(23)15-8-9-17(22)16(10-15)20-14(4)21/h8-10,12-13,18-19,22-23H,5-7,11H2,1-4H3,(H,20,21)/t13-,18+/m1/s1. The van der Waals surface area contributed by atoms with Gasteiger partial charge in [0.15, 0.2) is 0 Å². The first-order valence-corrected chi connectivity index (χ1v) is 8.31. The van der Waals surface area contributed by atoms with Crippen molar-refractivity contribution in [3.63, 3.8) is 0 Å². The number of anilines is 1. The van der Waals surface area contributed by atoms with Gasteiger partial charge >= 0.3 is 0 Å². The topological polar surface area (TPSA) is 81.6 Å². The van der Waals surface area contributed by atoms with E-state index in [4.69, 9.17) is 0 Å². The van der Waals surface area contributed by atoms with Crippen molar-refractivity contribution in [2.24, 2.45) is 5.92 Å². The summed E-state index contributed by atoms with van der Waals surface area (Å²) >= 11 is 0. The number of amides is 1. The number of phenolic OH excluding ortho intramolecular Hbond substituents is 1. The highest BCUT2D eigenvalue weighted by molar-refractivity contribution is 5.90. The van der Waals surface area contributed by atoms with Crippen LogP contribution in [-0.2, 0) is 4.79 Å². The van der Waals surface area contributed by atoms with Crippen LogP contribution >= 0.6 is 0 Å². The molecule has 0 bridgehead atoms. The van der Waals surface area contributed by atoms with E-state index in [1.165, 1.54) is 25.8 Å². The van der Waals surface area contributed by atoms with Gasteiger partial charge in [-0.3, -0.25) is 4.79 Å². The molecule has 0 unspecified atom stereocenters. The smallest absolute Gasteiger partial charge is 0.221 e. The Bertz CT molecular complexity index is 503. The largest absolute Gasteiger partial charge is 0.506 e. The molecule has 1 aromatic carbocycles. The number of hydrogen-bond donors (Lipinski definition) is 4. The fourth-order valence-electron chi connectivity index (χ4n) is 2.42. The highest BCUT2D eigenvalue weighted by Gasteiger charge is 2.12. The zero-order valence-corrected chi connectivity index (χ0v) is 14.6. The van der Waals surface area contributed by atoms with Gasteiger partial charge < -0.3 is 20.8 Å². The molecule has 1 rings (SSSR count). The minimum atomic E-state index is -0.685. The lowest BCUT2D eigenvalue weighted by Gasteiger charge is -2.18. The Morgan fingerprint density at radius 1 is 1.22 bits per heavy atom. The van der Waals surface area contributed by atoms with Crippen LogP contribution in [-0.4, -0.2) is 28.7 Å². The summed E-state index contributed by atoms with van der Waals surface area (Å²) in [5.74, 6) is 0.451. The SMILES string of the molecule is CC(=O)Nc1cc([C@@H](O)CN[C@H](C)CCCC(C)C)ccc1O. The lowest BCUT2D eigenvalue weighted by molar-refractivity contribution is -0.114. The van der Waals surface area contributed by atoms with E-state index in [-0.39, 0.29) is 11.7 Å². The molecule has 130 valence electrons. The van der Waals surface area contributed by atoms with Crippen molar-refractivity contribution in [2.75, 3.05) is 11.9 Å². The monoisotopic (exact) mass is 322 g/mol. The lowest BCUT2D eigenvalue weighted by Crippen LogP contribution is -2.30. The van der Waals surface area contributed by atoms with Gasteiger partial charge in [-0.15, -0.1) is 0 Å². The van der Waals surface area contributed by atoms with Crippen molar-refractivity contribution >= 4 is 11.6 Å². The van der Waals surface area contributed by atoms with Gasteiger partial charge in [0, 0.05) is 19.5 Å². The van der Waals surface area contributed by atoms with E-state index in [1.807, 2.05) is 0 Å². The maximum absolute atomic E-state index is 11.1. The number of aliphatic hydroxyl groups excluding tert-OH is 1. The summed E-state index contributed by atoms with van der Waals surface area (Å²) < 4.78 is 0. The molecule has 0 heterocycles. The van der Waals surface area contributed by atoms with E-state index in [0.29, 0.717) is 23.8 Å². The molecule has 1 amide bonds. The third-order valence-corrected chi connectivity index (χ3v) is 3.79. The number of nitrogens with one attached hydrogen (secondary N) is 2. The van der Waals surface area contributed by atoms with E-state index in [1.54, 1.807) is 12.1 Å². The average molecular weight is 322 g/mol. The quantitative estimate of drug-likeness (QED) is 0.526. The Morgan fingerprint density at radius 3 is 2.52 bits per heavy atom. The number of rotatable bonds is 9. The van der Waals surface area contributed by atoms with Crippen LogP contribution in [0.5, 0.6) is 5.75 Å². The molecule has 1 aromatic rings. The Balaban J connectivity index is 2.51. The van der Waals surface area contributed by atoms with E-state index in [2.05, 4.69) is 31.4 Å². The number of benzene rings is 1. The van der Waals surface area contributed by atoms with E-state index in [0.717, 1.165) is 12.3 Å². The Morgan fingerprint density at radius 2 is 1.91 bits per heavy atom. The van der Waals surface area contributed by atoms with Crippen LogP contribution in [0, 0.1) is 5.92 Å². The molecular weight excluding hydrogens is 292 g/mol. The summed E-state index contributed by atoms with van der Waals surface area (Å²) in [5, 5.41) is 25.9. The molecule has 23 heavy (non-hydrogen) atoms. The lowest BCUT2D eigenvalue weighted by atomic mass is 10.0. The second kappa shape index (κ2) is 9.53. The third-order valence-electron chi connectivity index (χ3n) is 3.79. The van der Waals surface area contributed by atoms with Crippen molar-refractivity contribution in [2.45, 2.75) is 59.1 Å². The van der Waals surface area contributed by atoms with Crippen LogP contribution in [0.25, 0.3) is 0 Å². The molecule has 5 nitrogen and oxygen atoms in total. The minimum Gasteiger partial charge on any atom is -0.506 e. The highest BCUT2D eigenvalue weighted by atomic mass is 16.3. The average Bonchev–Trinajstić information content (AvgIpc) is 2.46. The highest BCUT2D eigenvalue weighted by Crippen LogP contribution is 2.27. The summed E-state index contributed by atoms with van der Waals surface area (Å²) in [5.41, 5.74) is 0.979. The second-order valence-electron chi connectivity index (χ2n) is 6.61. The Hall–Kier alpha value is -1.59. The van der Waals surface area contributed by atoms with Gasteiger partial charge in [0.05, 0.1) is 11.8 Å². The number of aromatic hydroxyl groups is 1. The van der Waals surface area contributed by atoms with E-state index in [9.17, 15) is 15.0 Å². The van der Waals surface area contributed by atoms with Crippen LogP contribution in [0.15, 0.2) is 18.2 Å². The first-order chi connectivity index (χ1) is 10.8. The van der Waals surface area contributed by atoms with Gasteiger partial charge in [-0.05, 0) is 37.0 Å². The fourth-order valence-corrected chi connectivity index (χ4v) is 2.42. The molecule has 0 fully saturated rings. The molecule has 0 radical (unpaired) electrons. The summed E-state index contributed by atoms with van der Waals surface area (Å²) in [7, 11) is 0. The van der Waals surface area contributed by atoms with Gasteiger partial charge in [-0.25, -0.2) is 0 Å². The summed E-state index contributed by atoms with van der Waals surface area (Å²) in [4.78, 5) is 11.1. The summed E-state index contributed by atoms with van der Waals surface area (Å²) in [6.07, 6.45) is 2.79. The predicted octanol–water partition coefficient (Wildman–Crippen LogP) is 3.19. The van der Waals surface area contributed by atoms with Gasteiger partial charge in [-0.1, -0.05) is 32.8 Å². The first-order valence-electron chi connectivity index (χ1n) is 8.31. The number of carbonyl (C=O) groups is 1. The van der Waals surface area contributed by atoms with Crippen molar-refractivity contribution in [1.29, 1.82) is 0 Å². The van der Waals surface area contributed by atoms with E-state index < -0.39 is 6.10 Å². The van der Waals surface area contributed by atoms with Crippen LogP contribution in [0.3, 0.4) is 0 Å². The van der Waals surface area contributed by atoms with Crippen molar-refractivity contribution in [1.82, 2.24) is 5.32 Å². The van der Waals surface area contributed by atoms with Gasteiger partial charge in [-0.2, -0.15) is 0 Å². The molecule has 0 aliphatic rings. The number of aliphatic hydroxyl groups is 1. The molecule has 0 saturated heterocycles. The maximum Gasteiger partial charge on any atom is 0.221 e. The molecule has 0 saturated carbocycles. The van der Waals surface area contributed by atoms with Crippen molar-refractivity contribution in [3.8, 4) is 5.75 Å². The Labute approximate surface area is 139 Å². The molecule has 2 atom stereocenters. The van der Waals surface area contributed by atoms with Gasteiger partial charge in [0.1, 0.15) is 5.75 Å². The van der Waals surface area contributed by atoms with Crippen molar-refractivity contribution in [3.05, 3.63) is 23.8 Å². The predicted molar refractivity (Wildman–Crippen MR) is 93.5 cm³/mol. The minimum absolute atomic E-state index is 0.00818. The molecule has 0 aliphatic carbocycles. The molecule has 0 spiro atoms. The number of phenols is 1. The molecule has 0 aromatic heterocycles.